The van der Waals surface area contributed by atoms with Gasteiger partial charge in [-0.1, -0.05) is 25.7 Å². The molecular formula is C20H26FN5O3. The van der Waals surface area contributed by atoms with E-state index in [0.717, 1.165) is 36.7 Å². The number of imidazole rings is 1. The number of likely N-dealkylation sites (tertiary alicyclic amines) is 1. The second kappa shape index (κ2) is 8.44. The lowest BCUT2D eigenvalue weighted by molar-refractivity contribution is -0.157. The molecule has 0 spiro atoms. The number of aromatic amines is 1. The first-order valence-corrected chi connectivity index (χ1v) is 10.2. The van der Waals surface area contributed by atoms with Crippen molar-refractivity contribution in [2.24, 2.45) is 11.8 Å². The monoisotopic (exact) mass is 403 g/mol. The molecule has 1 saturated carbocycles. The lowest BCUT2D eigenvalue weighted by Crippen LogP contribution is -2.41. The predicted octanol–water partition coefficient (Wildman–Crippen LogP) is 2.61. The fourth-order valence-corrected chi connectivity index (χ4v) is 4.73. The number of hydrogen-bond donors (Lipinski definition) is 2. The third kappa shape index (κ3) is 4.24. The van der Waals surface area contributed by atoms with E-state index >= 15 is 0 Å². The van der Waals surface area contributed by atoms with Crippen LogP contribution >= 0.6 is 0 Å². The molecule has 156 valence electrons. The van der Waals surface area contributed by atoms with Gasteiger partial charge in [-0.15, -0.1) is 0 Å². The SMILES string of the molecule is O=CN(O)C[C@H](CC1CCCC1)C(=O)N1C[C@H](F)C[C@H]1c1nc2ccncc2[nH]1. The summed E-state index contributed by atoms with van der Waals surface area (Å²) in [5.41, 5.74) is 1.46. The van der Waals surface area contributed by atoms with Gasteiger partial charge >= 0.3 is 0 Å². The van der Waals surface area contributed by atoms with Gasteiger partial charge in [0.05, 0.1) is 42.3 Å². The van der Waals surface area contributed by atoms with Gasteiger partial charge in [0.15, 0.2) is 0 Å². The van der Waals surface area contributed by atoms with Crippen LogP contribution in [0.3, 0.4) is 0 Å². The average molecular weight is 403 g/mol. The Morgan fingerprint density at radius 1 is 1.45 bits per heavy atom. The summed E-state index contributed by atoms with van der Waals surface area (Å²) in [6.07, 6.45) is 7.57. The zero-order valence-corrected chi connectivity index (χ0v) is 16.2. The molecule has 9 heteroatoms. The molecule has 2 aliphatic rings. The summed E-state index contributed by atoms with van der Waals surface area (Å²) in [5, 5.41) is 10.2. The summed E-state index contributed by atoms with van der Waals surface area (Å²) < 4.78 is 14.4. The van der Waals surface area contributed by atoms with E-state index in [-0.39, 0.29) is 25.4 Å². The number of hydroxylamine groups is 2. The predicted molar refractivity (Wildman–Crippen MR) is 102 cm³/mol. The molecule has 2 fully saturated rings. The Morgan fingerprint density at radius 2 is 2.24 bits per heavy atom. The van der Waals surface area contributed by atoms with E-state index in [1.165, 1.54) is 4.90 Å². The first kappa shape index (κ1) is 19.8. The van der Waals surface area contributed by atoms with Crippen molar-refractivity contribution in [3.8, 4) is 0 Å². The highest BCUT2D eigenvalue weighted by Gasteiger charge is 2.41. The minimum atomic E-state index is -1.14. The molecule has 4 rings (SSSR count). The molecule has 2 aromatic rings. The van der Waals surface area contributed by atoms with Gasteiger partial charge in [-0.05, 0) is 18.4 Å². The molecule has 0 aromatic carbocycles. The van der Waals surface area contributed by atoms with Crippen molar-refractivity contribution in [3.05, 3.63) is 24.3 Å². The third-order valence-corrected chi connectivity index (χ3v) is 6.12. The molecule has 3 heterocycles. The quantitative estimate of drug-likeness (QED) is 0.420. The largest absolute Gasteiger partial charge is 0.339 e. The number of nitrogens with one attached hydrogen (secondary N) is 1. The molecular weight excluding hydrogens is 377 g/mol. The van der Waals surface area contributed by atoms with E-state index < -0.39 is 18.1 Å². The Balaban J connectivity index is 1.57. The molecule has 2 aromatic heterocycles. The van der Waals surface area contributed by atoms with E-state index in [2.05, 4.69) is 15.0 Å². The lowest BCUT2D eigenvalue weighted by atomic mass is 9.91. The van der Waals surface area contributed by atoms with Gasteiger partial charge < -0.3 is 9.88 Å². The van der Waals surface area contributed by atoms with Gasteiger partial charge in [-0.2, -0.15) is 0 Å². The molecule has 1 saturated heterocycles. The van der Waals surface area contributed by atoms with Gasteiger partial charge in [-0.3, -0.25) is 19.8 Å². The number of nitrogens with zero attached hydrogens (tertiary/aromatic N) is 4. The number of amides is 2. The molecule has 3 atom stereocenters. The third-order valence-electron chi connectivity index (χ3n) is 6.12. The van der Waals surface area contributed by atoms with Crippen molar-refractivity contribution >= 4 is 23.4 Å². The molecule has 29 heavy (non-hydrogen) atoms. The summed E-state index contributed by atoms with van der Waals surface area (Å²) >= 11 is 0. The molecule has 2 N–H and O–H groups in total. The molecule has 8 nitrogen and oxygen atoms in total. The number of pyridine rings is 1. The van der Waals surface area contributed by atoms with Crippen LogP contribution in [0.15, 0.2) is 18.5 Å². The number of carbonyl (C=O) groups is 2. The van der Waals surface area contributed by atoms with Crippen LogP contribution in [0.2, 0.25) is 0 Å². The highest BCUT2D eigenvalue weighted by Crippen LogP contribution is 2.37. The van der Waals surface area contributed by atoms with Crippen molar-refractivity contribution in [2.45, 2.75) is 50.7 Å². The van der Waals surface area contributed by atoms with Crippen LogP contribution in [-0.2, 0) is 9.59 Å². The number of aromatic nitrogens is 3. The first-order chi connectivity index (χ1) is 14.0. The molecule has 0 bridgehead atoms. The smallest absolute Gasteiger partial charge is 0.233 e. The van der Waals surface area contributed by atoms with Crippen molar-refractivity contribution in [1.29, 1.82) is 0 Å². The van der Waals surface area contributed by atoms with E-state index in [1.54, 1.807) is 18.5 Å². The molecule has 0 radical (unpaired) electrons. The fourth-order valence-electron chi connectivity index (χ4n) is 4.73. The van der Waals surface area contributed by atoms with Crippen LogP contribution in [-0.4, -0.2) is 61.7 Å². The molecule has 1 aliphatic carbocycles. The number of alkyl halides is 1. The summed E-state index contributed by atoms with van der Waals surface area (Å²) in [4.78, 5) is 37.6. The second-order valence-corrected chi connectivity index (χ2v) is 8.16. The van der Waals surface area contributed by atoms with Crippen molar-refractivity contribution in [1.82, 2.24) is 24.9 Å². The van der Waals surface area contributed by atoms with E-state index in [1.807, 2.05) is 0 Å². The number of H-pyrrole nitrogens is 1. The van der Waals surface area contributed by atoms with Crippen LogP contribution in [0.1, 0.15) is 50.4 Å². The molecule has 2 amide bonds. The average Bonchev–Trinajstić information content (AvgIpc) is 3.45. The van der Waals surface area contributed by atoms with Gasteiger partial charge in [0, 0.05) is 12.6 Å². The van der Waals surface area contributed by atoms with Crippen LogP contribution in [0, 0.1) is 11.8 Å². The Morgan fingerprint density at radius 3 is 2.97 bits per heavy atom. The number of rotatable bonds is 7. The number of hydrogen-bond acceptors (Lipinski definition) is 5. The maximum absolute atomic E-state index is 14.4. The fraction of sp³-hybridized carbons (Fsp3) is 0.600. The van der Waals surface area contributed by atoms with Crippen LogP contribution in [0.4, 0.5) is 4.39 Å². The second-order valence-electron chi connectivity index (χ2n) is 8.16. The minimum Gasteiger partial charge on any atom is -0.339 e. The molecule has 0 unspecified atom stereocenters. The summed E-state index contributed by atoms with van der Waals surface area (Å²) in [6.45, 7) is -0.0878. The minimum absolute atomic E-state index is 0.00746. The van der Waals surface area contributed by atoms with Gasteiger partial charge in [-0.25, -0.2) is 14.4 Å². The summed E-state index contributed by atoms with van der Waals surface area (Å²) in [7, 11) is 0. The van der Waals surface area contributed by atoms with Gasteiger partial charge in [0.2, 0.25) is 12.3 Å². The summed E-state index contributed by atoms with van der Waals surface area (Å²) in [6, 6.07) is 1.26. The standard InChI is InChI=1S/C20H26FN5O3/c21-15-8-18(19-23-16-5-6-22-9-17(16)24-19)26(11-15)20(28)14(10-25(29)12-27)7-13-3-1-2-4-13/h5-6,9,12-15,18,29H,1-4,7-8,10-11H2,(H,23,24)/t14-,15+,18-/m0/s1. The van der Waals surface area contributed by atoms with E-state index in [4.69, 9.17) is 0 Å². The van der Waals surface area contributed by atoms with E-state index in [0.29, 0.717) is 29.6 Å². The van der Waals surface area contributed by atoms with Crippen molar-refractivity contribution in [3.63, 3.8) is 0 Å². The number of carbonyl (C=O) groups excluding carboxylic acids is 2. The van der Waals surface area contributed by atoms with Crippen LogP contribution in [0.25, 0.3) is 11.0 Å². The van der Waals surface area contributed by atoms with Crippen molar-refractivity contribution < 1.29 is 19.2 Å². The maximum Gasteiger partial charge on any atom is 0.233 e. The zero-order chi connectivity index (χ0) is 20.4. The topological polar surface area (TPSA) is 102 Å². The first-order valence-electron chi connectivity index (χ1n) is 10.2. The summed E-state index contributed by atoms with van der Waals surface area (Å²) in [5.74, 6) is 0.134. The Hall–Kier alpha value is -2.55. The maximum atomic E-state index is 14.4. The lowest BCUT2D eigenvalue weighted by Gasteiger charge is -2.30. The number of fused-ring (bicyclic) bond motifs is 1. The Labute approximate surface area is 168 Å². The Bertz CT molecular complexity index is 836. The normalized spacial score (nSPS) is 23.6. The Kier molecular flexibility index (Phi) is 5.75. The van der Waals surface area contributed by atoms with Crippen LogP contribution in [0.5, 0.6) is 0 Å². The van der Waals surface area contributed by atoms with Gasteiger partial charge in [0.1, 0.15) is 12.0 Å². The van der Waals surface area contributed by atoms with Crippen LogP contribution < -0.4 is 0 Å². The van der Waals surface area contributed by atoms with E-state index in [9.17, 15) is 19.2 Å². The number of halogens is 1. The molecule has 1 aliphatic heterocycles. The zero-order valence-electron chi connectivity index (χ0n) is 16.2. The van der Waals surface area contributed by atoms with Gasteiger partial charge in [0.25, 0.3) is 0 Å². The highest BCUT2D eigenvalue weighted by molar-refractivity contribution is 5.80. The highest BCUT2D eigenvalue weighted by atomic mass is 19.1. The van der Waals surface area contributed by atoms with Crippen molar-refractivity contribution in [2.75, 3.05) is 13.1 Å².